The molecule has 5 nitrogen and oxygen atoms in total. The van der Waals surface area contributed by atoms with Crippen LogP contribution in [0.5, 0.6) is 0 Å². The first kappa shape index (κ1) is 15.5. The van der Waals surface area contributed by atoms with E-state index in [1.807, 2.05) is 6.07 Å². The zero-order valence-electron chi connectivity index (χ0n) is 12.0. The van der Waals surface area contributed by atoms with Gasteiger partial charge in [-0.15, -0.1) is 0 Å². The van der Waals surface area contributed by atoms with Crippen molar-refractivity contribution in [1.29, 1.82) is 0 Å². The van der Waals surface area contributed by atoms with E-state index < -0.39 is 24.7 Å². The fourth-order valence-corrected chi connectivity index (χ4v) is 2.46. The molecule has 23 heavy (non-hydrogen) atoms. The van der Waals surface area contributed by atoms with Crippen molar-refractivity contribution in [1.82, 2.24) is 14.9 Å². The first-order chi connectivity index (χ1) is 11.0. The number of hydrogen-bond acceptors (Lipinski definition) is 3. The molecule has 122 valence electrons. The van der Waals surface area contributed by atoms with Crippen LogP contribution in [0.15, 0.2) is 36.7 Å². The van der Waals surface area contributed by atoms with Gasteiger partial charge in [-0.25, -0.2) is 4.98 Å². The van der Waals surface area contributed by atoms with E-state index in [4.69, 9.17) is 4.74 Å². The van der Waals surface area contributed by atoms with Crippen LogP contribution in [0.4, 0.5) is 13.2 Å². The number of rotatable bonds is 2. The molecule has 1 atom stereocenters. The van der Waals surface area contributed by atoms with Crippen LogP contribution in [0.3, 0.4) is 0 Å². The van der Waals surface area contributed by atoms with Gasteiger partial charge >= 0.3 is 6.18 Å². The number of aromatic amines is 1. The summed E-state index contributed by atoms with van der Waals surface area (Å²) in [6.45, 7) is -0.557. The third-order valence-electron chi connectivity index (χ3n) is 3.62. The van der Waals surface area contributed by atoms with Crippen molar-refractivity contribution in [2.75, 3.05) is 19.7 Å². The SMILES string of the molecule is O=C(c1[nH]cnc1-c1ccccc1)N1CCO[C@@H](C(F)(F)F)C1. The average Bonchev–Trinajstić information content (AvgIpc) is 3.04. The maximum atomic E-state index is 12.8. The molecule has 8 heteroatoms. The van der Waals surface area contributed by atoms with Gasteiger partial charge in [-0.05, 0) is 0 Å². The predicted octanol–water partition coefficient (Wildman–Crippen LogP) is 2.48. The number of alkyl halides is 3. The molecule has 1 aromatic carbocycles. The highest BCUT2D eigenvalue weighted by Gasteiger charge is 2.44. The van der Waals surface area contributed by atoms with Gasteiger partial charge in [-0.3, -0.25) is 4.79 Å². The van der Waals surface area contributed by atoms with Crippen molar-refractivity contribution >= 4 is 5.91 Å². The monoisotopic (exact) mass is 325 g/mol. The highest BCUT2D eigenvalue weighted by molar-refractivity contribution is 5.98. The fraction of sp³-hybridized carbons (Fsp3) is 0.333. The van der Waals surface area contributed by atoms with Gasteiger partial charge in [-0.2, -0.15) is 13.2 Å². The Kier molecular flexibility index (Phi) is 4.08. The molecule has 0 radical (unpaired) electrons. The quantitative estimate of drug-likeness (QED) is 0.923. The van der Waals surface area contributed by atoms with Crippen LogP contribution in [0.25, 0.3) is 11.3 Å². The summed E-state index contributed by atoms with van der Waals surface area (Å²) in [7, 11) is 0. The number of nitrogens with one attached hydrogen (secondary N) is 1. The number of hydrogen-bond donors (Lipinski definition) is 1. The number of carbonyl (C=O) groups excluding carboxylic acids is 1. The molecular weight excluding hydrogens is 311 g/mol. The van der Waals surface area contributed by atoms with Gasteiger partial charge in [0.25, 0.3) is 5.91 Å². The lowest BCUT2D eigenvalue weighted by Crippen LogP contribution is -2.51. The summed E-state index contributed by atoms with van der Waals surface area (Å²) in [5, 5.41) is 0. The van der Waals surface area contributed by atoms with Crippen molar-refractivity contribution in [3.63, 3.8) is 0 Å². The maximum Gasteiger partial charge on any atom is 0.416 e. The Morgan fingerprint density at radius 3 is 2.74 bits per heavy atom. The summed E-state index contributed by atoms with van der Waals surface area (Å²) in [6, 6.07) is 8.99. The highest BCUT2D eigenvalue weighted by atomic mass is 19.4. The molecule has 1 aliphatic heterocycles. The van der Waals surface area contributed by atoms with Crippen LogP contribution in [0.2, 0.25) is 0 Å². The molecule has 1 N–H and O–H groups in total. The van der Waals surface area contributed by atoms with Gasteiger partial charge in [-0.1, -0.05) is 30.3 Å². The normalized spacial score (nSPS) is 18.9. The number of benzene rings is 1. The van der Waals surface area contributed by atoms with E-state index in [1.165, 1.54) is 6.33 Å². The minimum Gasteiger partial charge on any atom is -0.365 e. The lowest BCUT2D eigenvalue weighted by molar-refractivity contribution is -0.233. The van der Waals surface area contributed by atoms with Gasteiger partial charge in [0.1, 0.15) is 11.4 Å². The molecule has 1 amide bonds. The highest BCUT2D eigenvalue weighted by Crippen LogP contribution is 2.27. The fourth-order valence-electron chi connectivity index (χ4n) is 2.46. The molecule has 3 rings (SSSR count). The largest absolute Gasteiger partial charge is 0.416 e. The zero-order valence-corrected chi connectivity index (χ0v) is 12.0. The molecule has 0 bridgehead atoms. The third kappa shape index (κ3) is 3.21. The minimum atomic E-state index is -4.49. The van der Waals surface area contributed by atoms with Crippen LogP contribution in [-0.4, -0.2) is 52.8 Å². The van der Waals surface area contributed by atoms with E-state index in [1.54, 1.807) is 24.3 Å². The number of morpholine rings is 1. The summed E-state index contributed by atoms with van der Waals surface area (Å²) in [5.41, 5.74) is 1.32. The smallest absolute Gasteiger partial charge is 0.365 e. The van der Waals surface area contributed by atoms with Gasteiger partial charge in [0.15, 0.2) is 6.10 Å². The number of ether oxygens (including phenoxy) is 1. The molecular formula is C15H14F3N3O2. The number of H-pyrrole nitrogens is 1. The Bertz CT molecular complexity index is 685. The second kappa shape index (κ2) is 6.04. The van der Waals surface area contributed by atoms with Crippen LogP contribution >= 0.6 is 0 Å². The number of amides is 1. The van der Waals surface area contributed by atoms with Gasteiger partial charge in [0.2, 0.25) is 0 Å². The van der Waals surface area contributed by atoms with Crippen LogP contribution < -0.4 is 0 Å². The van der Waals surface area contributed by atoms with E-state index >= 15 is 0 Å². The molecule has 0 aliphatic carbocycles. The second-order valence-corrected chi connectivity index (χ2v) is 5.14. The number of nitrogens with zero attached hydrogens (tertiary/aromatic N) is 2. The van der Waals surface area contributed by atoms with Crippen molar-refractivity contribution in [3.8, 4) is 11.3 Å². The zero-order chi connectivity index (χ0) is 16.4. The molecule has 1 aliphatic rings. The maximum absolute atomic E-state index is 12.8. The van der Waals surface area contributed by atoms with E-state index in [-0.39, 0.29) is 18.8 Å². The van der Waals surface area contributed by atoms with Crippen molar-refractivity contribution in [2.45, 2.75) is 12.3 Å². The van der Waals surface area contributed by atoms with Gasteiger partial charge in [0.05, 0.1) is 19.5 Å². The third-order valence-corrected chi connectivity index (χ3v) is 3.62. The van der Waals surface area contributed by atoms with E-state index in [2.05, 4.69) is 9.97 Å². The summed E-state index contributed by atoms with van der Waals surface area (Å²) in [4.78, 5) is 20.5. The lowest BCUT2D eigenvalue weighted by Gasteiger charge is -2.33. The Morgan fingerprint density at radius 1 is 1.30 bits per heavy atom. The van der Waals surface area contributed by atoms with Crippen molar-refractivity contribution < 1.29 is 22.7 Å². The Morgan fingerprint density at radius 2 is 2.04 bits per heavy atom. The van der Waals surface area contributed by atoms with Crippen LogP contribution in [-0.2, 0) is 4.74 Å². The number of halogens is 3. The lowest BCUT2D eigenvalue weighted by atomic mass is 10.1. The molecule has 1 aromatic heterocycles. The molecule has 1 saturated heterocycles. The molecule has 0 spiro atoms. The van der Waals surface area contributed by atoms with E-state index in [0.29, 0.717) is 5.69 Å². The Labute approximate surface area is 130 Å². The Hall–Kier alpha value is -2.35. The van der Waals surface area contributed by atoms with Crippen molar-refractivity contribution in [3.05, 3.63) is 42.4 Å². The molecule has 1 fully saturated rings. The topological polar surface area (TPSA) is 58.2 Å². The summed E-state index contributed by atoms with van der Waals surface area (Å²) < 4.78 is 43.1. The van der Waals surface area contributed by atoms with E-state index in [0.717, 1.165) is 10.5 Å². The summed E-state index contributed by atoms with van der Waals surface area (Å²) in [6.07, 6.45) is -5.09. The molecule has 2 heterocycles. The molecule has 2 aromatic rings. The second-order valence-electron chi connectivity index (χ2n) is 5.14. The average molecular weight is 325 g/mol. The number of imidazole rings is 1. The number of aromatic nitrogens is 2. The first-order valence-electron chi connectivity index (χ1n) is 7.03. The van der Waals surface area contributed by atoms with Gasteiger partial charge < -0.3 is 14.6 Å². The van der Waals surface area contributed by atoms with Crippen LogP contribution in [0.1, 0.15) is 10.5 Å². The number of carbonyl (C=O) groups is 1. The predicted molar refractivity (Wildman–Crippen MR) is 75.7 cm³/mol. The van der Waals surface area contributed by atoms with E-state index in [9.17, 15) is 18.0 Å². The van der Waals surface area contributed by atoms with Crippen LogP contribution in [0, 0.1) is 0 Å². The Balaban J connectivity index is 1.83. The first-order valence-corrected chi connectivity index (χ1v) is 7.03. The standard InChI is InChI=1S/C15H14F3N3O2/c16-15(17,18)11-8-21(6-7-23-11)14(22)13-12(19-9-20-13)10-4-2-1-3-5-10/h1-5,9,11H,6-8H2,(H,19,20)/t11-/m1/s1. The molecule has 0 saturated carbocycles. The minimum absolute atomic E-state index is 0.110. The summed E-state index contributed by atoms with van der Waals surface area (Å²) in [5.74, 6) is -0.515. The summed E-state index contributed by atoms with van der Waals surface area (Å²) >= 11 is 0. The molecule has 0 unspecified atom stereocenters. The van der Waals surface area contributed by atoms with Crippen molar-refractivity contribution in [2.24, 2.45) is 0 Å². The van der Waals surface area contributed by atoms with Gasteiger partial charge in [0, 0.05) is 12.1 Å².